The van der Waals surface area contributed by atoms with E-state index in [2.05, 4.69) is 15.9 Å². The molecule has 6 heteroatoms. The van der Waals surface area contributed by atoms with Crippen molar-refractivity contribution < 1.29 is 17.9 Å². The maximum atomic E-state index is 13.1. The Hall–Kier alpha value is -0.750. The van der Waals surface area contributed by atoms with Gasteiger partial charge in [0.2, 0.25) is 0 Å². The molecule has 1 saturated heterocycles. The highest BCUT2D eigenvalue weighted by atomic mass is 79.9. The molecule has 1 aliphatic rings. The minimum absolute atomic E-state index is 0.203. The van der Waals surface area contributed by atoms with E-state index < -0.39 is 11.7 Å². The second kappa shape index (κ2) is 7.01. The molecule has 0 spiro atoms. The highest BCUT2D eigenvalue weighted by Crippen LogP contribution is 2.36. The van der Waals surface area contributed by atoms with Crippen molar-refractivity contribution in [2.75, 3.05) is 24.6 Å². The summed E-state index contributed by atoms with van der Waals surface area (Å²) in [6.07, 6.45) is -2.37. The molecule has 1 heterocycles. The maximum Gasteiger partial charge on any atom is 0.416 e. The molecule has 0 aliphatic carbocycles. The van der Waals surface area contributed by atoms with E-state index in [9.17, 15) is 13.2 Å². The molecular formula is C15H19BrF3NO. The largest absolute Gasteiger partial charge is 0.416 e. The Kier molecular flexibility index (Phi) is 5.54. The van der Waals surface area contributed by atoms with Crippen LogP contribution in [0.4, 0.5) is 18.9 Å². The summed E-state index contributed by atoms with van der Waals surface area (Å²) in [4.78, 5) is 2.00. The van der Waals surface area contributed by atoms with Gasteiger partial charge in [-0.25, -0.2) is 0 Å². The fraction of sp³-hybridized carbons (Fsp3) is 0.600. The first kappa shape index (κ1) is 16.6. The molecule has 0 unspecified atom stereocenters. The lowest BCUT2D eigenvalue weighted by atomic mass is 10.0. The van der Waals surface area contributed by atoms with Gasteiger partial charge in [-0.1, -0.05) is 22.0 Å². The second-order valence-corrected chi connectivity index (χ2v) is 5.68. The highest BCUT2D eigenvalue weighted by Gasteiger charge is 2.34. The van der Waals surface area contributed by atoms with E-state index in [0.29, 0.717) is 12.3 Å². The number of nitrogens with zero attached hydrogens (tertiary/aromatic N) is 1. The van der Waals surface area contributed by atoms with Gasteiger partial charge in [-0.3, -0.25) is 0 Å². The average molecular weight is 366 g/mol. The van der Waals surface area contributed by atoms with E-state index in [4.69, 9.17) is 4.74 Å². The third kappa shape index (κ3) is 4.13. The summed E-state index contributed by atoms with van der Waals surface area (Å²) in [5, 5.41) is 0.203. The lowest BCUT2D eigenvalue weighted by Gasteiger charge is -2.34. The number of alkyl halides is 4. The fourth-order valence-corrected chi connectivity index (χ4v) is 3.15. The van der Waals surface area contributed by atoms with Crippen LogP contribution in [-0.4, -0.2) is 25.8 Å². The minimum atomic E-state index is -4.32. The molecule has 0 bridgehead atoms. The number of hydrogen-bond donors (Lipinski definition) is 0. The summed E-state index contributed by atoms with van der Waals surface area (Å²) in [5.41, 5.74) is 0.362. The SMILES string of the molecule is CCOC1CCN(c2ccc(CBr)c(C(F)(F)F)c2)CC1. The molecule has 0 N–H and O–H groups in total. The zero-order valence-corrected chi connectivity index (χ0v) is 13.5. The molecule has 0 amide bonds. The van der Waals surface area contributed by atoms with Crippen LogP contribution in [0.15, 0.2) is 18.2 Å². The van der Waals surface area contributed by atoms with Crippen molar-refractivity contribution in [3.8, 4) is 0 Å². The van der Waals surface area contributed by atoms with Crippen molar-refractivity contribution in [1.82, 2.24) is 0 Å². The quantitative estimate of drug-likeness (QED) is 0.722. The predicted molar refractivity (Wildman–Crippen MR) is 80.9 cm³/mol. The molecule has 0 atom stereocenters. The van der Waals surface area contributed by atoms with Crippen molar-refractivity contribution in [2.24, 2.45) is 0 Å². The molecule has 2 nitrogen and oxygen atoms in total. The van der Waals surface area contributed by atoms with E-state index in [-0.39, 0.29) is 17.0 Å². The summed E-state index contributed by atoms with van der Waals surface area (Å²) >= 11 is 3.12. The molecule has 1 fully saturated rings. The van der Waals surface area contributed by atoms with Crippen molar-refractivity contribution in [1.29, 1.82) is 0 Å². The topological polar surface area (TPSA) is 12.5 Å². The van der Waals surface area contributed by atoms with E-state index in [0.717, 1.165) is 25.9 Å². The van der Waals surface area contributed by atoms with Crippen LogP contribution in [0.25, 0.3) is 0 Å². The van der Waals surface area contributed by atoms with Crippen LogP contribution < -0.4 is 4.90 Å². The molecule has 1 aromatic carbocycles. The van der Waals surface area contributed by atoms with Crippen molar-refractivity contribution in [3.05, 3.63) is 29.3 Å². The van der Waals surface area contributed by atoms with Gasteiger partial charge in [0.15, 0.2) is 0 Å². The van der Waals surface area contributed by atoms with Crippen LogP contribution in [0.5, 0.6) is 0 Å². The Morgan fingerprint density at radius 1 is 1.29 bits per heavy atom. The predicted octanol–water partition coefficient (Wildman–Crippen LogP) is 4.61. The van der Waals surface area contributed by atoms with E-state index in [1.54, 1.807) is 12.1 Å². The molecule has 0 saturated carbocycles. The van der Waals surface area contributed by atoms with Gasteiger partial charge in [-0.15, -0.1) is 0 Å². The summed E-state index contributed by atoms with van der Waals surface area (Å²) in [7, 11) is 0. The lowest BCUT2D eigenvalue weighted by Crippen LogP contribution is -2.37. The zero-order valence-electron chi connectivity index (χ0n) is 11.9. The number of hydrogen-bond acceptors (Lipinski definition) is 2. The van der Waals surface area contributed by atoms with Gasteiger partial charge in [-0.05, 0) is 37.5 Å². The van der Waals surface area contributed by atoms with E-state index in [1.165, 1.54) is 6.07 Å². The number of piperidine rings is 1. The van der Waals surface area contributed by atoms with Crippen molar-refractivity contribution >= 4 is 21.6 Å². The normalized spacial score (nSPS) is 17.3. The monoisotopic (exact) mass is 365 g/mol. The third-order valence-corrected chi connectivity index (χ3v) is 4.36. The van der Waals surface area contributed by atoms with Gasteiger partial charge in [0.25, 0.3) is 0 Å². The number of ether oxygens (including phenoxy) is 1. The second-order valence-electron chi connectivity index (χ2n) is 5.11. The van der Waals surface area contributed by atoms with Crippen molar-refractivity contribution in [3.63, 3.8) is 0 Å². The molecule has 21 heavy (non-hydrogen) atoms. The van der Waals surface area contributed by atoms with Crippen LogP contribution >= 0.6 is 15.9 Å². The standard InChI is InChI=1S/C15H19BrF3NO/c1-2-21-13-5-7-20(8-6-13)12-4-3-11(10-16)14(9-12)15(17,18)19/h3-4,9,13H,2,5-8,10H2,1H3. The molecule has 1 aromatic rings. The maximum absolute atomic E-state index is 13.1. The number of anilines is 1. The number of halogens is 4. The molecule has 118 valence electrons. The number of benzene rings is 1. The first-order valence-corrected chi connectivity index (χ1v) is 8.20. The van der Waals surface area contributed by atoms with Crippen LogP contribution in [0.3, 0.4) is 0 Å². The first-order valence-electron chi connectivity index (χ1n) is 7.08. The molecule has 0 radical (unpaired) electrons. The number of rotatable bonds is 4. The van der Waals surface area contributed by atoms with Crippen LogP contribution in [0.1, 0.15) is 30.9 Å². The first-order chi connectivity index (χ1) is 9.95. The minimum Gasteiger partial charge on any atom is -0.378 e. The molecule has 1 aliphatic heterocycles. The molecule has 2 rings (SSSR count). The van der Waals surface area contributed by atoms with Crippen LogP contribution in [-0.2, 0) is 16.2 Å². The Bertz CT molecular complexity index is 470. The third-order valence-electron chi connectivity index (χ3n) is 3.75. The summed E-state index contributed by atoms with van der Waals surface area (Å²) < 4.78 is 44.8. The molecular weight excluding hydrogens is 347 g/mol. The fourth-order valence-electron chi connectivity index (χ4n) is 2.66. The average Bonchev–Trinajstić information content (AvgIpc) is 2.47. The lowest BCUT2D eigenvalue weighted by molar-refractivity contribution is -0.138. The van der Waals surface area contributed by atoms with Gasteiger partial charge < -0.3 is 9.64 Å². The van der Waals surface area contributed by atoms with Gasteiger partial charge in [-0.2, -0.15) is 13.2 Å². The Balaban J connectivity index is 2.15. The van der Waals surface area contributed by atoms with Crippen LogP contribution in [0, 0.1) is 0 Å². The zero-order chi connectivity index (χ0) is 15.5. The Labute approximate surface area is 131 Å². The molecule has 0 aromatic heterocycles. The summed E-state index contributed by atoms with van der Waals surface area (Å²) in [6, 6.07) is 4.59. The Morgan fingerprint density at radius 3 is 2.48 bits per heavy atom. The van der Waals surface area contributed by atoms with E-state index in [1.807, 2.05) is 11.8 Å². The smallest absolute Gasteiger partial charge is 0.378 e. The van der Waals surface area contributed by atoms with Gasteiger partial charge in [0, 0.05) is 30.7 Å². The van der Waals surface area contributed by atoms with Crippen LogP contribution in [0.2, 0.25) is 0 Å². The van der Waals surface area contributed by atoms with Gasteiger partial charge in [0.1, 0.15) is 0 Å². The highest BCUT2D eigenvalue weighted by molar-refractivity contribution is 9.08. The van der Waals surface area contributed by atoms with Gasteiger partial charge in [0.05, 0.1) is 11.7 Å². The Morgan fingerprint density at radius 2 is 1.95 bits per heavy atom. The van der Waals surface area contributed by atoms with Gasteiger partial charge >= 0.3 is 6.18 Å². The van der Waals surface area contributed by atoms with E-state index >= 15 is 0 Å². The van der Waals surface area contributed by atoms with Crippen molar-refractivity contribution in [2.45, 2.75) is 37.4 Å². The summed E-state index contributed by atoms with van der Waals surface area (Å²) in [6.45, 7) is 4.11. The summed E-state index contributed by atoms with van der Waals surface area (Å²) in [5.74, 6) is 0.